The molecule has 0 spiro atoms. The van der Waals surface area contributed by atoms with Gasteiger partial charge >= 0.3 is 0 Å². The minimum atomic E-state index is -0.471. The third-order valence-corrected chi connectivity index (χ3v) is 4.58. The van der Waals surface area contributed by atoms with E-state index in [-0.39, 0.29) is 24.6 Å². The minimum absolute atomic E-state index is 0.00965. The number of benzene rings is 2. The van der Waals surface area contributed by atoms with Crippen molar-refractivity contribution in [2.24, 2.45) is 0 Å². The van der Waals surface area contributed by atoms with Gasteiger partial charge in [-0.15, -0.1) is 10.2 Å². The molecule has 2 aromatic carbocycles. The Morgan fingerprint density at radius 1 is 1.17 bits per heavy atom. The molecule has 0 saturated carbocycles. The van der Waals surface area contributed by atoms with Crippen molar-refractivity contribution in [3.63, 3.8) is 0 Å². The first-order valence-corrected chi connectivity index (χ1v) is 9.44. The smallest absolute Gasteiger partial charge is 0.269 e. The lowest BCUT2D eigenvalue weighted by Crippen LogP contribution is -2.32. The molecule has 3 rings (SSSR count). The van der Waals surface area contributed by atoms with E-state index in [0.717, 1.165) is 6.42 Å². The third kappa shape index (κ3) is 5.17. The molecule has 0 saturated heterocycles. The summed E-state index contributed by atoms with van der Waals surface area (Å²) in [5.74, 6) is 0.480. The monoisotopic (exact) mass is 414 g/mol. The van der Waals surface area contributed by atoms with Crippen LogP contribution >= 0.6 is 11.6 Å². The molecule has 29 heavy (non-hydrogen) atoms. The summed E-state index contributed by atoms with van der Waals surface area (Å²) >= 11 is 6.16. The van der Waals surface area contributed by atoms with Crippen LogP contribution in [0.4, 0.5) is 5.69 Å². The van der Waals surface area contributed by atoms with Gasteiger partial charge in [0.1, 0.15) is 0 Å². The van der Waals surface area contributed by atoms with Crippen LogP contribution in [-0.2, 0) is 17.8 Å². The van der Waals surface area contributed by atoms with Gasteiger partial charge in [0.25, 0.3) is 5.69 Å². The highest BCUT2D eigenvalue weighted by Gasteiger charge is 2.19. The van der Waals surface area contributed by atoms with Crippen molar-refractivity contribution in [3.8, 4) is 11.5 Å². The zero-order valence-electron chi connectivity index (χ0n) is 15.7. The lowest BCUT2D eigenvalue weighted by molar-refractivity contribution is -0.384. The van der Waals surface area contributed by atoms with Crippen molar-refractivity contribution >= 4 is 23.2 Å². The number of rotatable bonds is 8. The lowest BCUT2D eigenvalue weighted by Gasteiger charge is -2.20. The van der Waals surface area contributed by atoms with Gasteiger partial charge in [0.2, 0.25) is 17.7 Å². The fourth-order valence-corrected chi connectivity index (χ4v) is 3.02. The van der Waals surface area contributed by atoms with Crippen LogP contribution in [0.25, 0.3) is 11.5 Å². The number of nitro groups is 1. The maximum absolute atomic E-state index is 12.7. The molecule has 150 valence electrons. The summed E-state index contributed by atoms with van der Waals surface area (Å²) < 4.78 is 5.69. The van der Waals surface area contributed by atoms with E-state index in [0.29, 0.717) is 34.5 Å². The van der Waals surface area contributed by atoms with Gasteiger partial charge in [0, 0.05) is 18.7 Å². The molecule has 0 radical (unpaired) electrons. The second-order valence-electron chi connectivity index (χ2n) is 6.40. The SMILES string of the molecule is CCCN(Cc1nnc(-c2ccccc2Cl)o1)C(=O)Cc1ccc([N+](=O)[O-])cc1. The highest BCUT2D eigenvalue weighted by atomic mass is 35.5. The Bertz CT molecular complexity index is 1000. The highest BCUT2D eigenvalue weighted by molar-refractivity contribution is 6.33. The predicted molar refractivity (Wildman–Crippen MR) is 107 cm³/mol. The maximum Gasteiger partial charge on any atom is 0.269 e. The number of non-ortho nitro benzene ring substituents is 1. The molecular formula is C20H19ClN4O4. The zero-order chi connectivity index (χ0) is 20.8. The van der Waals surface area contributed by atoms with Crippen LogP contribution in [-0.4, -0.2) is 32.5 Å². The summed E-state index contributed by atoms with van der Waals surface area (Å²) in [6, 6.07) is 13.1. The first-order valence-electron chi connectivity index (χ1n) is 9.06. The average Bonchev–Trinajstić information content (AvgIpc) is 3.16. The second-order valence-corrected chi connectivity index (χ2v) is 6.80. The lowest BCUT2D eigenvalue weighted by atomic mass is 10.1. The Kier molecular flexibility index (Phi) is 6.56. The van der Waals surface area contributed by atoms with E-state index in [1.165, 1.54) is 12.1 Å². The molecule has 0 aliphatic rings. The summed E-state index contributed by atoms with van der Waals surface area (Å²) in [4.78, 5) is 24.7. The number of aromatic nitrogens is 2. The first-order chi connectivity index (χ1) is 14.0. The molecule has 0 aliphatic carbocycles. The summed E-state index contributed by atoms with van der Waals surface area (Å²) in [6.07, 6.45) is 0.890. The normalized spacial score (nSPS) is 10.7. The summed E-state index contributed by atoms with van der Waals surface area (Å²) in [5, 5.41) is 19.3. The van der Waals surface area contributed by atoms with Crippen LogP contribution in [0.5, 0.6) is 0 Å². The number of nitrogens with zero attached hydrogens (tertiary/aromatic N) is 4. The largest absolute Gasteiger partial charge is 0.419 e. The number of halogens is 1. The Morgan fingerprint density at radius 2 is 1.90 bits per heavy atom. The van der Waals surface area contributed by atoms with E-state index in [1.807, 2.05) is 19.1 Å². The van der Waals surface area contributed by atoms with E-state index < -0.39 is 4.92 Å². The highest BCUT2D eigenvalue weighted by Crippen LogP contribution is 2.26. The van der Waals surface area contributed by atoms with E-state index in [4.69, 9.17) is 16.0 Å². The predicted octanol–water partition coefficient (Wildman–Crippen LogP) is 4.28. The number of carbonyl (C=O) groups is 1. The Labute approximate surface area is 172 Å². The van der Waals surface area contributed by atoms with Gasteiger partial charge in [-0.2, -0.15) is 0 Å². The second kappa shape index (κ2) is 9.29. The van der Waals surface area contributed by atoms with E-state index in [2.05, 4.69) is 10.2 Å². The molecule has 1 amide bonds. The zero-order valence-corrected chi connectivity index (χ0v) is 16.5. The first kappa shape index (κ1) is 20.5. The number of hydrogen-bond donors (Lipinski definition) is 0. The van der Waals surface area contributed by atoms with E-state index in [9.17, 15) is 14.9 Å². The Balaban J connectivity index is 1.70. The average molecular weight is 415 g/mol. The molecule has 0 unspecified atom stereocenters. The van der Waals surface area contributed by atoms with Gasteiger partial charge in [-0.3, -0.25) is 14.9 Å². The molecular weight excluding hydrogens is 396 g/mol. The summed E-state index contributed by atoms with van der Waals surface area (Å²) in [5.41, 5.74) is 1.32. The van der Waals surface area contributed by atoms with Crippen molar-refractivity contribution in [1.29, 1.82) is 0 Å². The molecule has 8 nitrogen and oxygen atoms in total. The van der Waals surface area contributed by atoms with Crippen molar-refractivity contribution in [3.05, 3.63) is 75.1 Å². The number of nitro benzene ring substituents is 1. The van der Waals surface area contributed by atoms with Crippen LogP contribution in [0.3, 0.4) is 0 Å². The fraction of sp³-hybridized carbons (Fsp3) is 0.250. The molecule has 0 N–H and O–H groups in total. The van der Waals surface area contributed by atoms with Crippen LogP contribution in [0.1, 0.15) is 24.8 Å². The summed E-state index contributed by atoms with van der Waals surface area (Å²) in [7, 11) is 0. The molecule has 0 atom stereocenters. The van der Waals surface area contributed by atoms with Gasteiger partial charge in [0.15, 0.2) is 0 Å². The molecule has 3 aromatic rings. The quantitative estimate of drug-likeness (QED) is 0.402. The van der Waals surface area contributed by atoms with Gasteiger partial charge in [0.05, 0.1) is 28.5 Å². The Morgan fingerprint density at radius 3 is 2.55 bits per heavy atom. The third-order valence-electron chi connectivity index (χ3n) is 4.25. The minimum Gasteiger partial charge on any atom is -0.419 e. The summed E-state index contributed by atoms with van der Waals surface area (Å²) in [6.45, 7) is 2.67. The van der Waals surface area contributed by atoms with Crippen molar-refractivity contribution < 1.29 is 14.1 Å². The fourth-order valence-electron chi connectivity index (χ4n) is 2.81. The van der Waals surface area contributed by atoms with Crippen LogP contribution in [0.15, 0.2) is 52.9 Å². The molecule has 0 bridgehead atoms. The van der Waals surface area contributed by atoms with E-state index in [1.54, 1.807) is 29.2 Å². The van der Waals surface area contributed by atoms with Crippen molar-refractivity contribution in [1.82, 2.24) is 15.1 Å². The molecule has 0 fully saturated rings. The number of hydrogen-bond acceptors (Lipinski definition) is 6. The Hall–Kier alpha value is -3.26. The maximum atomic E-state index is 12.7. The van der Waals surface area contributed by atoms with E-state index >= 15 is 0 Å². The van der Waals surface area contributed by atoms with Crippen LogP contribution in [0, 0.1) is 10.1 Å². The molecule has 1 aromatic heterocycles. The topological polar surface area (TPSA) is 102 Å². The van der Waals surface area contributed by atoms with Crippen molar-refractivity contribution in [2.75, 3.05) is 6.54 Å². The molecule has 1 heterocycles. The van der Waals surface area contributed by atoms with Gasteiger partial charge in [-0.1, -0.05) is 42.8 Å². The van der Waals surface area contributed by atoms with Gasteiger partial charge < -0.3 is 9.32 Å². The van der Waals surface area contributed by atoms with Crippen LogP contribution in [0.2, 0.25) is 5.02 Å². The molecule has 9 heteroatoms. The van der Waals surface area contributed by atoms with Crippen molar-refractivity contribution in [2.45, 2.75) is 26.3 Å². The number of carbonyl (C=O) groups excluding carboxylic acids is 1. The molecule has 0 aliphatic heterocycles. The van der Waals surface area contributed by atoms with Gasteiger partial charge in [-0.05, 0) is 24.1 Å². The standard InChI is InChI=1S/C20H19ClN4O4/c1-2-11-24(19(26)12-14-7-9-15(10-8-14)25(27)28)13-18-22-23-20(29-18)16-5-3-4-6-17(16)21/h3-10H,2,11-13H2,1H3. The van der Waals surface area contributed by atoms with Gasteiger partial charge in [-0.25, -0.2) is 0 Å². The number of amides is 1. The van der Waals surface area contributed by atoms with Crippen LogP contribution < -0.4 is 0 Å².